The molecule has 0 aromatic heterocycles. The Kier molecular flexibility index (Phi) is 4.88. The van der Waals surface area contributed by atoms with Gasteiger partial charge in [0.15, 0.2) is 0 Å². The van der Waals surface area contributed by atoms with Gasteiger partial charge in [-0.05, 0) is 32.9 Å². The van der Waals surface area contributed by atoms with E-state index in [1.54, 1.807) is 20.8 Å². The molecule has 0 atom stereocenters. The number of sulfonamides is 1. The van der Waals surface area contributed by atoms with Crippen molar-refractivity contribution in [1.29, 1.82) is 0 Å². The van der Waals surface area contributed by atoms with Gasteiger partial charge >= 0.3 is 5.97 Å². The zero-order valence-corrected chi connectivity index (χ0v) is 12.4. The average Bonchev–Trinajstić information content (AvgIpc) is 2.26. The van der Waals surface area contributed by atoms with Gasteiger partial charge in [-0.25, -0.2) is 12.8 Å². The van der Waals surface area contributed by atoms with Crippen molar-refractivity contribution < 1.29 is 22.7 Å². The third-order valence-corrected chi connectivity index (χ3v) is 4.88. The number of aliphatic carboxylic acids is 1. The fraction of sp³-hybridized carbons (Fsp3) is 0.462. The Balaban J connectivity index is 3.25. The van der Waals surface area contributed by atoms with Crippen molar-refractivity contribution in [2.75, 3.05) is 6.54 Å². The predicted octanol–water partition coefficient (Wildman–Crippen LogP) is 2.09. The summed E-state index contributed by atoms with van der Waals surface area (Å²) in [6.45, 7) is 4.68. The third-order valence-electron chi connectivity index (χ3n) is 2.68. The van der Waals surface area contributed by atoms with Crippen molar-refractivity contribution >= 4 is 16.0 Å². The summed E-state index contributed by atoms with van der Waals surface area (Å²) in [5, 5.41) is 8.72. The second kappa shape index (κ2) is 5.88. The van der Waals surface area contributed by atoms with Gasteiger partial charge in [-0.3, -0.25) is 4.79 Å². The molecule has 0 bridgehead atoms. The summed E-state index contributed by atoms with van der Waals surface area (Å²) >= 11 is 0. The highest BCUT2D eigenvalue weighted by Gasteiger charge is 2.35. The van der Waals surface area contributed by atoms with Crippen LogP contribution >= 0.6 is 0 Å². The molecule has 0 saturated heterocycles. The standard InChI is InChI=1S/C13H18FNO4S/c1-13(2,3)15(9-8-12(16)17)20(18,19)11-7-5-4-6-10(11)14/h4-7H,8-9H2,1-3H3,(H,16,17). The summed E-state index contributed by atoms with van der Waals surface area (Å²) in [6.07, 6.45) is -0.342. The number of nitrogens with zero attached hydrogens (tertiary/aromatic N) is 1. The Hall–Kier alpha value is -1.47. The smallest absolute Gasteiger partial charge is 0.304 e. The van der Waals surface area contributed by atoms with Crippen molar-refractivity contribution in [2.45, 2.75) is 37.6 Å². The summed E-state index contributed by atoms with van der Waals surface area (Å²) in [7, 11) is -4.09. The molecule has 0 aliphatic rings. The molecule has 112 valence electrons. The van der Waals surface area contributed by atoms with E-state index in [0.717, 1.165) is 10.4 Å². The summed E-state index contributed by atoms with van der Waals surface area (Å²) < 4.78 is 39.7. The Morgan fingerprint density at radius 1 is 1.30 bits per heavy atom. The van der Waals surface area contributed by atoms with Crippen LogP contribution in [-0.4, -0.2) is 35.9 Å². The Bertz CT molecular complexity index is 593. The van der Waals surface area contributed by atoms with E-state index in [-0.39, 0.29) is 13.0 Å². The van der Waals surface area contributed by atoms with Gasteiger partial charge in [0.05, 0.1) is 6.42 Å². The van der Waals surface area contributed by atoms with Gasteiger partial charge in [0.25, 0.3) is 0 Å². The fourth-order valence-electron chi connectivity index (χ4n) is 1.79. The van der Waals surface area contributed by atoms with E-state index in [1.165, 1.54) is 18.2 Å². The van der Waals surface area contributed by atoms with Gasteiger partial charge in [0.2, 0.25) is 10.0 Å². The molecule has 1 rings (SSSR count). The highest BCUT2D eigenvalue weighted by atomic mass is 32.2. The molecule has 5 nitrogen and oxygen atoms in total. The van der Waals surface area contributed by atoms with Gasteiger partial charge in [0.1, 0.15) is 10.7 Å². The van der Waals surface area contributed by atoms with Crippen LogP contribution in [0.15, 0.2) is 29.2 Å². The molecule has 0 saturated carbocycles. The summed E-state index contributed by atoms with van der Waals surface area (Å²) in [6, 6.07) is 5.05. The lowest BCUT2D eigenvalue weighted by atomic mass is 10.1. The first-order valence-electron chi connectivity index (χ1n) is 6.06. The molecule has 0 aliphatic carbocycles. The zero-order chi connectivity index (χ0) is 15.6. The van der Waals surface area contributed by atoms with E-state index in [2.05, 4.69) is 0 Å². The summed E-state index contributed by atoms with van der Waals surface area (Å²) in [4.78, 5) is 10.2. The SMILES string of the molecule is CC(C)(C)N(CCC(=O)O)S(=O)(=O)c1ccccc1F. The molecule has 0 fully saturated rings. The number of carboxylic acids is 1. The maximum Gasteiger partial charge on any atom is 0.304 e. The van der Waals surface area contributed by atoms with Crippen LogP contribution in [0.3, 0.4) is 0 Å². The number of halogens is 1. The lowest BCUT2D eigenvalue weighted by Crippen LogP contribution is -2.46. The Morgan fingerprint density at radius 3 is 2.30 bits per heavy atom. The molecular weight excluding hydrogens is 285 g/mol. The highest BCUT2D eigenvalue weighted by molar-refractivity contribution is 7.89. The molecule has 1 N–H and O–H groups in total. The minimum Gasteiger partial charge on any atom is -0.481 e. The van der Waals surface area contributed by atoms with Crippen molar-refractivity contribution in [3.8, 4) is 0 Å². The van der Waals surface area contributed by atoms with E-state index < -0.39 is 32.2 Å². The van der Waals surface area contributed by atoms with Crippen LogP contribution in [0.25, 0.3) is 0 Å². The van der Waals surface area contributed by atoms with Crippen LogP contribution in [0.2, 0.25) is 0 Å². The largest absolute Gasteiger partial charge is 0.481 e. The lowest BCUT2D eigenvalue weighted by Gasteiger charge is -2.34. The molecule has 0 amide bonds. The summed E-state index contributed by atoms with van der Waals surface area (Å²) in [5.41, 5.74) is -0.851. The van der Waals surface area contributed by atoms with E-state index in [0.29, 0.717) is 0 Å². The normalized spacial score (nSPS) is 12.7. The molecule has 0 heterocycles. The van der Waals surface area contributed by atoms with E-state index in [1.807, 2.05) is 0 Å². The van der Waals surface area contributed by atoms with Crippen LogP contribution in [0, 0.1) is 5.82 Å². The quantitative estimate of drug-likeness (QED) is 0.904. The number of rotatable bonds is 5. The minimum absolute atomic E-state index is 0.213. The number of hydrogen-bond acceptors (Lipinski definition) is 3. The lowest BCUT2D eigenvalue weighted by molar-refractivity contribution is -0.137. The first kappa shape index (κ1) is 16.6. The molecule has 1 aromatic carbocycles. The number of hydrogen-bond donors (Lipinski definition) is 1. The number of benzene rings is 1. The average molecular weight is 303 g/mol. The molecular formula is C13H18FNO4S. The Morgan fingerprint density at radius 2 is 1.85 bits per heavy atom. The third kappa shape index (κ3) is 3.77. The first-order valence-corrected chi connectivity index (χ1v) is 7.50. The van der Waals surface area contributed by atoms with Crippen molar-refractivity contribution in [3.63, 3.8) is 0 Å². The molecule has 0 aliphatic heterocycles. The summed E-state index contributed by atoms with van der Waals surface area (Å²) in [5.74, 6) is -1.96. The number of carbonyl (C=O) groups is 1. The van der Waals surface area contributed by atoms with Crippen LogP contribution in [0.4, 0.5) is 4.39 Å². The predicted molar refractivity (Wildman–Crippen MR) is 72.3 cm³/mol. The fourth-order valence-corrected chi connectivity index (χ4v) is 3.64. The monoisotopic (exact) mass is 303 g/mol. The molecule has 0 spiro atoms. The van der Waals surface area contributed by atoms with Gasteiger partial charge < -0.3 is 5.11 Å². The highest BCUT2D eigenvalue weighted by Crippen LogP contribution is 2.26. The van der Waals surface area contributed by atoms with Gasteiger partial charge in [-0.15, -0.1) is 0 Å². The molecule has 0 unspecified atom stereocenters. The van der Waals surface area contributed by atoms with E-state index in [4.69, 9.17) is 5.11 Å². The van der Waals surface area contributed by atoms with Crippen LogP contribution in [0.1, 0.15) is 27.2 Å². The van der Waals surface area contributed by atoms with Gasteiger partial charge in [-0.1, -0.05) is 12.1 Å². The van der Waals surface area contributed by atoms with Gasteiger partial charge in [-0.2, -0.15) is 4.31 Å². The van der Waals surface area contributed by atoms with Crippen molar-refractivity contribution in [2.24, 2.45) is 0 Å². The van der Waals surface area contributed by atoms with Crippen LogP contribution in [-0.2, 0) is 14.8 Å². The maximum absolute atomic E-state index is 13.7. The molecule has 20 heavy (non-hydrogen) atoms. The maximum atomic E-state index is 13.7. The number of carboxylic acid groups (broad SMARTS) is 1. The van der Waals surface area contributed by atoms with Crippen LogP contribution < -0.4 is 0 Å². The Labute approximate surface area is 118 Å². The topological polar surface area (TPSA) is 74.7 Å². The minimum atomic E-state index is -4.09. The molecule has 7 heteroatoms. The molecule has 0 radical (unpaired) electrons. The van der Waals surface area contributed by atoms with Crippen molar-refractivity contribution in [1.82, 2.24) is 4.31 Å². The first-order chi connectivity index (χ1) is 9.06. The van der Waals surface area contributed by atoms with E-state index in [9.17, 15) is 17.6 Å². The molecule has 1 aromatic rings. The zero-order valence-electron chi connectivity index (χ0n) is 11.6. The van der Waals surface area contributed by atoms with Gasteiger partial charge in [0, 0.05) is 12.1 Å². The van der Waals surface area contributed by atoms with Crippen molar-refractivity contribution in [3.05, 3.63) is 30.1 Å². The second-order valence-electron chi connectivity index (χ2n) is 5.32. The van der Waals surface area contributed by atoms with Crippen LogP contribution in [0.5, 0.6) is 0 Å². The second-order valence-corrected chi connectivity index (χ2v) is 7.15. The van der Waals surface area contributed by atoms with E-state index >= 15 is 0 Å².